The van der Waals surface area contributed by atoms with E-state index < -0.39 is 18.2 Å². The van der Waals surface area contributed by atoms with Gasteiger partial charge in [-0.3, -0.25) is 0 Å². The fourth-order valence-corrected chi connectivity index (χ4v) is 1.57. The molecule has 1 aromatic carbocycles. The Bertz CT molecular complexity index is 421. The fourth-order valence-electron chi connectivity index (χ4n) is 1.57. The summed E-state index contributed by atoms with van der Waals surface area (Å²) >= 11 is 0. The molecule has 0 amide bonds. The monoisotopic (exact) mass is 255 g/mol. The molecule has 0 aliphatic carbocycles. The lowest BCUT2D eigenvalue weighted by Crippen LogP contribution is -2.29. The molecule has 0 saturated heterocycles. The summed E-state index contributed by atoms with van der Waals surface area (Å²) in [4.78, 5) is 11.2. The minimum Gasteiger partial charge on any atom is -0.508 e. The van der Waals surface area contributed by atoms with Crippen molar-refractivity contribution in [2.75, 3.05) is 20.7 Å². The third-order valence-corrected chi connectivity index (χ3v) is 2.55. The van der Waals surface area contributed by atoms with Crippen LogP contribution in [0.1, 0.15) is 22.0 Å². The topological polar surface area (TPSA) is 99.0 Å². The molecule has 0 spiro atoms. The van der Waals surface area contributed by atoms with Gasteiger partial charge in [0, 0.05) is 12.1 Å². The Hall–Kier alpha value is -1.63. The predicted octanol–water partition coefficient (Wildman–Crippen LogP) is -0.208. The van der Waals surface area contributed by atoms with E-state index in [4.69, 9.17) is 0 Å². The second kappa shape index (κ2) is 6.34. The number of rotatable bonds is 5. The number of esters is 1. The number of ether oxygens (including phenoxy) is 1. The fraction of sp³-hybridized carbons (Fsp3) is 0.417. The maximum absolute atomic E-state index is 11.2. The van der Waals surface area contributed by atoms with Crippen molar-refractivity contribution >= 4 is 5.97 Å². The number of hydrogen-bond acceptors (Lipinski definition) is 6. The van der Waals surface area contributed by atoms with Crippen LogP contribution in [0.5, 0.6) is 5.75 Å². The van der Waals surface area contributed by atoms with E-state index in [0.29, 0.717) is 0 Å². The Morgan fingerprint density at radius 1 is 1.44 bits per heavy atom. The van der Waals surface area contributed by atoms with Crippen LogP contribution in [0.25, 0.3) is 0 Å². The van der Waals surface area contributed by atoms with Crippen molar-refractivity contribution in [2.45, 2.75) is 12.2 Å². The summed E-state index contributed by atoms with van der Waals surface area (Å²) in [5, 5.41) is 31.9. The van der Waals surface area contributed by atoms with Gasteiger partial charge in [-0.25, -0.2) is 4.79 Å². The Morgan fingerprint density at radius 3 is 2.61 bits per heavy atom. The Labute approximate surface area is 105 Å². The number of carbonyl (C=O) groups excluding carboxylic acids is 1. The van der Waals surface area contributed by atoms with E-state index in [1.165, 1.54) is 25.3 Å². The molecular weight excluding hydrogens is 238 g/mol. The second-order valence-corrected chi connectivity index (χ2v) is 3.84. The largest absolute Gasteiger partial charge is 0.508 e. The molecule has 0 aliphatic heterocycles. The van der Waals surface area contributed by atoms with E-state index in [1.807, 2.05) is 0 Å². The lowest BCUT2D eigenvalue weighted by atomic mass is 10.0. The van der Waals surface area contributed by atoms with Crippen LogP contribution in [-0.4, -0.2) is 48.1 Å². The highest BCUT2D eigenvalue weighted by Gasteiger charge is 2.21. The van der Waals surface area contributed by atoms with Crippen molar-refractivity contribution in [1.82, 2.24) is 5.32 Å². The van der Waals surface area contributed by atoms with Crippen molar-refractivity contribution in [3.05, 3.63) is 29.3 Å². The zero-order valence-corrected chi connectivity index (χ0v) is 10.3. The van der Waals surface area contributed by atoms with Gasteiger partial charge in [-0.05, 0) is 19.2 Å². The molecule has 2 unspecified atom stereocenters. The third kappa shape index (κ3) is 3.19. The van der Waals surface area contributed by atoms with Gasteiger partial charge in [-0.2, -0.15) is 0 Å². The van der Waals surface area contributed by atoms with Gasteiger partial charge in [0.1, 0.15) is 11.9 Å². The number of aliphatic hydroxyl groups is 2. The maximum atomic E-state index is 11.2. The molecule has 18 heavy (non-hydrogen) atoms. The molecule has 4 N–H and O–H groups in total. The Morgan fingerprint density at radius 2 is 2.11 bits per heavy atom. The summed E-state index contributed by atoms with van der Waals surface area (Å²) in [5.74, 6) is -0.845. The summed E-state index contributed by atoms with van der Waals surface area (Å²) in [6.07, 6.45) is -2.28. The average Bonchev–Trinajstić information content (AvgIpc) is 2.37. The molecule has 100 valence electrons. The zero-order valence-electron chi connectivity index (χ0n) is 10.3. The van der Waals surface area contributed by atoms with Crippen molar-refractivity contribution in [3.8, 4) is 5.75 Å². The standard InChI is InChI=1S/C12H17NO5/c1-13-6-10(15)11(16)8-4-3-7(5-9(8)14)12(17)18-2/h3-5,10-11,13-16H,6H2,1-2H3. The number of likely N-dealkylation sites (N-methyl/N-ethyl adjacent to an activating group) is 1. The summed E-state index contributed by atoms with van der Waals surface area (Å²) in [6.45, 7) is 0.180. The molecule has 0 bridgehead atoms. The first-order valence-electron chi connectivity index (χ1n) is 5.43. The van der Waals surface area contributed by atoms with Crippen molar-refractivity contribution in [2.24, 2.45) is 0 Å². The van der Waals surface area contributed by atoms with E-state index in [1.54, 1.807) is 7.05 Å². The number of phenols is 1. The van der Waals surface area contributed by atoms with Crippen LogP contribution in [0, 0.1) is 0 Å². The van der Waals surface area contributed by atoms with Crippen LogP contribution >= 0.6 is 0 Å². The quantitative estimate of drug-likeness (QED) is 0.543. The molecule has 0 fully saturated rings. The van der Waals surface area contributed by atoms with Crippen LogP contribution in [0.15, 0.2) is 18.2 Å². The van der Waals surface area contributed by atoms with Gasteiger partial charge in [-0.15, -0.1) is 0 Å². The molecule has 1 aromatic rings. The van der Waals surface area contributed by atoms with E-state index in [-0.39, 0.29) is 23.4 Å². The van der Waals surface area contributed by atoms with Crippen LogP contribution in [0.4, 0.5) is 0 Å². The van der Waals surface area contributed by atoms with E-state index >= 15 is 0 Å². The lowest BCUT2D eigenvalue weighted by Gasteiger charge is -2.19. The number of aliphatic hydroxyl groups excluding tert-OH is 2. The highest BCUT2D eigenvalue weighted by atomic mass is 16.5. The predicted molar refractivity (Wildman–Crippen MR) is 64.3 cm³/mol. The van der Waals surface area contributed by atoms with Gasteiger partial charge in [0.15, 0.2) is 0 Å². The maximum Gasteiger partial charge on any atom is 0.337 e. The van der Waals surface area contributed by atoms with Gasteiger partial charge in [0.25, 0.3) is 0 Å². The summed E-state index contributed by atoms with van der Waals surface area (Å²) in [6, 6.07) is 3.98. The van der Waals surface area contributed by atoms with Crippen molar-refractivity contribution in [1.29, 1.82) is 0 Å². The van der Waals surface area contributed by atoms with Crippen LogP contribution in [0.3, 0.4) is 0 Å². The number of hydrogen-bond donors (Lipinski definition) is 4. The van der Waals surface area contributed by atoms with E-state index in [0.717, 1.165) is 0 Å². The SMILES string of the molecule is CNCC(O)C(O)c1ccc(C(=O)OC)cc1O. The first-order chi connectivity index (χ1) is 8.51. The number of nitrogens with one attached hydrogen (secondary N) is 1. The number of methoxy groups -OCH3 is 1. The van der Waals surface area contributed by atoms with Gasteiger partial charge in [0.05, 0.1) is 18.8 Å². The molecule has 0 heterocycles. The minimum absolute atomic E-state index is 0.158. The van der Waals surface area contributed by atoms with Gasteiger partial charge >= 0.3 is 5.97 Å². The summed E-state index contributed by atoms with van der Waals surface area (Å²) in [5.41, 5.74) is 0.333. The van der Waals surface area contributed by atoms with Crippen LogP contribution in [-0.2, 0) is 4.74 Å². The minimum atomic E-state index is -1.23. The first kappa shape index (κ1) is 14.4. The Balaban J connectivity index is 2.94. The number of phenolic OH excluding ortho intramolecular Hbond substituents is 1. The Kier molecular flexibility index (Phi) is 5.08. The lowest BCUT2D eigenvalue weighted by molar-refractivity contribution is 0.0189. The van der Waals surface area contributed by atoms with E-state index in [9.17, 15) is 20.1 Å². The highest BCUT2D eigenvalue weighted by molar-refractivity contribution is 5.89. The number of carbonyl (C=O) groups is 1. The molecule has 0 radical (unpaired) electrons. The van der Waals surface area contributed by atoms with E-state index in [2.05, 4.69) is 10.1 Å². The number of aromatic hydroxyl groups is 1. The molecular formula is C12H17NO5. The van der Waals surface area contributed by atoms with Crippen molar-refractivity contribution in [3.63, 3.8) is 0 Å². The van der Waals surface area contributed by atoms with Crippen LogP contribution in [0.2, 0.25) is 0 Å². The summed E-state index contributed by atoms with van der Waals surface area (Å²) in [7, 11) is 2.87. The second-order valence-electron chi connectivity index (χ2n) is 3.84. The average molecular weight is 255 g/mol. The normalized spacial score (nSPS) is 14.0. The highest BCUT2D eigenvalue weighted by Crippen LogP contribution is 2.27. The van der Waals surface area contributed by atoms with Gasteiger partial charge in [0.2, 0.25) is 0 Å². The number of benzene rings is 1. The summed E-state index contributed by atoms with van der Waals surface area (Å²) < 4.78 is 4.51. The molecule has 1 rings (SSSR count). The van der Waals surface area contributed by atoms with Gasteiger partial charge < -0.3 is 25.4 Å². The molecule has 0 aromatic heterocycles. The molecule has 6 heteroatoms. The van der Waals surface area contributed by atoms with Crippen molar-refractivity contribution < 1.29 is 24.9 Å². The molecule has 6 nitrogen and oxygen atoms in total. The molecule has 0 saturated carbocycles. The molecule has 2 atom stereocenters. The molecule has 0 aliphatic rings. The smallest absolute Gasteiger partial charge is 0.337 e. The first-order valence-corrected chi connectivity index (χ1v) is 5.43. The third-order valence-electron chi connectivity index (χ3n) is 2.55. The van der Waals surface area contributed by atoms with Gasteiger partial charge in [-0.1, -0.05) is 6.07 Å². The van der Waals surface area contributed by atoms with Crippen LogP contribution < -0.4 is 5.32 Å². The zero-order chi connectivity index (χ0) is 13.7.